The summed E-state index contributed by atoms with van der Waals surface area (Å²) in [4.78, 5) is 0. The Bertz CT molecular complexity index is 703. The van der Waals surface area contributed by atoms with E-state index in [1.54, 1.807) is 0 Å². The summed E-state index contributed by atoms with van der Waals surface area (Å²) in [7, 11) is 0. The van der Waals surface area contributed by atoms with Crippen molar-refractivity contribution in [3.05, 3.63) is 69.9 Å². The van der Waals surface area contributed by atoms with Crippen molar-refractivity contribution in [3.8, 4) is 0 Å². The van der Waals surface area contributed by atoms with Crippen molar-refractivity contribution in [2.45, 2.75) is 132 Å². The second-order valence-corrected chi connectivity index (χ2v) is 10.4. The number of allylic oxidation sites excluding steroid dienone is 11. The number of hydrogen-bond acceptors (Lipinski definition) is 1. The van der Waals surface area contributed by atoms with Crippen LogP contribution in [0.25, 0.3) is 0 Å². The van der Waals surface area contributed by atoms with Crippen molar-refractivity contribution in [1.29, 1.82) is 0 Å². The van der Waals surface area contributed by atoms with Crippen molar-refractivity contribution >= 4 is 0 Å². The van der Waals surface area contributed by atoms with Gasteiger partial charge in [-0.05, 0) is 126 Å². The molecular formula is C32H55N. The van der Waals surface area contributed by atoms with Crippen molar-refractivity contribution < 1.29 is 0 Å². The van der Waals surface area contributed by atoms with E-state index in [0.29, 0.717) is 0 Å². The van der Waals surface area contributed by atoms with E-state index in [9.17, 15) is 0 Å². The van der Waals surface area contributed by atoms with E-state index in [4.69, 9.17) is 5.73 Å². The molecule has 0 aromatic rings. The van der Waals surface area contributed by atoms with Crippen LogP contribution in [0.5, 0.6) is 0 Å². The summed E-state index contributed by atoms with van der Waals surface area (Å²) >= 11 is 0. The van der Waals surface area contributed by atoms with Crippen LogP contribution in [0.3, 0.4) is 0 Å². The van der Waals surface area contributed by atoms with Gasteiger partial charge < -0.3 is 5.73 Å². The van der Waals surface area contributed by atoms with Gasteiger partial charge in [-0.15, -0.1) is 0 Å². The minimum atomic E-state index is 0.265. The van der Waals surface area contributed by atoms with Gasteiger partial charge in [0.1, 0.15) is 0 Å². The number of unbranched alkanes of at least 4 members (excludes halogenated alkanes) is 1. The molecular weight excluding hydrogens is 398 g/mol. The average molecular weight is 454 g/mol. The van der Waals surface area contributed by atoms with E-state index < -0.39 is 0 Å². The summed E-state index contributed by atoms with van der Waals surface area (Å²) in [5.41, 5.74) is 14.8. The highest BCUT2D eigenvalue weighted by Crippen LogP contribution is 2.15. The molecule has 188 valence electrons. The second kappa shape index (κ2) is 19.8. The maximum atomic E-state index is 5.86. The molecule has 0 heterocycles. The van der Waals surface area contributed by atoms with Crippen LogP contribution < -0.4 is 5.73 Å². The molecule has 0 spiro atoms. The fourth-order valence-electron chi connectivity index (χ4n) is 3.89. The fourth-order valence-corrected chi connectivity index (χ4v) is 3.89. The largest absolute Gasteiger partial charge is 0.328 e. The van der Waals surface area contributed by atoms with Crippen molar-refractivity contribution in [1.82, 2.24) is 0 Å². The molecule has 2 N–H and O–H groups in total. The van der Waals surface area contributed by atoms with Crippen LogP contribution in [0, 0.1) is 0 Å². The van der Waals surface area contributed by atoms with Gasteiger partial charge >= 0.3 is 0 Å². The maximum Gasteiger partial charge on any atom is 0.00475 e. The number of hydrogen-bond donors (Lipinski definition) is 1. The Balaban J connectivity index is 4.10. The van der Waals surface area contributed by atoms with E-state index in [1.165, 1.54) is 65.5 Å². The number of nitrogens with two attached hydrogens (primary N) is 1. The molecule has 0 bridgehead atoms. The third-order valence-corrected chi connectivity index (χ3v) is 5.98. The van der Waals surface area contributed by atoms with Crippen molar-refractivity contribution in [2.24, 2.45) is 5.73 Å². The third-order valence-electron chi connectivity index (χ3n) is 5.98. The van der Waals surface area contributed by atoms with Crippen LogP contribution in [0.2, 0.25) is 0 Å². The molecule has 0 aromatic heterocycles. The molecule has 1 nitrogen and oxygen atoms in total. The summed E-state index contributed by atoms with van der Waals surface area (Å²) in [6.07, 6.45) is 27.1. The van der Waals surface area contributed by atoms with E-state index in [1.807, 2.05) is 0 Å². The van der Waals surface area contributed by atoms with Crippen LogP contribution in [0.15, 0.2) is 69.9 Å². The first-order chi connectivity index (χ1) is 15.6. The zero-order valence-electron chi connectivity index (χ0n) is 23.4. The van der Waals surface area contributed by atoms with Gasteiger partial charge in [0.05, 0.1) is 0 Å². The van der Waals surface area contributed by atoms with Gasteiger partial charge in [0.2, 0.25) is 0 Å². The molecule has 0 aliphatic heterocycles. The molecule has 0 saturated heterocycles. The molecule has 1 atom stereocenters. The lowest BCUT2D eigenvalue weighted by Gasteiger charge is -2.05. The Morgan fingerprint density at radius 1 is 0.485 bits per heavy atom. The topological polar surface area (TPSA) is 26.0 Å². The van der Waals surface area contributed by atoms with Crippen LogP contribution >= 0.6 is 0 Å². The Hall–Kier alpha value is -1.60. The zero-order chi connectivity index (χ0) is 25.1. The fraction of sp³-hybridized carbons (Fsp3) is 0.625. The minimum Gasteiger partial charge on any atom is -0.328 e. The molecule has 0 aromatic carbocycles. The summed E-state index contributed by atoms with van der Waals surface area (Å²) in [6, 6.07) is 0.265. The SMILES string of the molecule is CC(C)=CCC/C(C)=C/CC/C(C)=C/CC/C=C(\C)CC/C=C(\C)CC/C=C(\C)CC(C)N. The average Bonchev–Trinajstić information content (AvgIpc) is 2.70. The molecule has 0 rings (SSSR count). The molecule has 0 amide bonds. The predicted molar refractivity (Wildman–Crippen MR) is 153 cm³/mol. The molecule has 0 aliphatic rings. The van der Waals surface area contributed by atoms with E-state index >= 15 is 0 Å². The maximum absolute atomic E-state index is 5.86. The first-order valence-corrected chi connectivity index (χ1v) is 13.3. The normalized spacial score (nSPS) is 15.1. The van der Waals surface area contributed by atoms with E-state index in [2.05, 4.69) is 91.8 Å². The Morgan fingerprint density at radius 3 is 1.12 bits per heavy atom. The number of rotatable bonds is 17. The van der Waals surface area contributed by atoms with Gasteiger partial charge in [0.15, 0.2) is 0 Å². The summed E-state index contributed by atoms with van der Waals surface area (Å²) in [5, 5.41) is 0. The summed E-state index contributed by atoms with van der Waals surface area (Å²) < 4.78 is 0. The van der Waals surface area contributed by atoms with Crippen LogP contribution in [0.4, 0.5) is 0 Å². The van der Waals surface area contributed by atoms with Gasteiger partial charge in [-0.25, -0.2) is 0 Å². The lowest BCUT2D eigenvalue weighted by atomic mass is 10.0. The Labute approximate surface area is 207 Å². The first-order valence-electron chi connectivity index (χ1n) is 13.3. The van der Waals surface area contributed by atoms with Gasteiger partial charge in [0.25, 0.3) is 0 Å². The quantitative estimate of drug-likeness (QED) is 0.172. The molecule has 1 unspecified atom stereocenters. The van der Waals surface area contributed by atoms with Crippen LogP contribution in [0.1, 0.15) is 126 Å². The van der Waals surface area contributed by atoms with Crippen LogP contribution in [-0.4, -0.2) is 6.04 Å². The molecule has 1 heteroatoms. The lowest BCUT2D eigenvalue weighted by Crippen LogP contribution is -2.14. The van der Waals surface area contributed by atoms with E-state index in [-0.39, 0.29) is 6.04 Å². The molecule has 0 aliphatic carbocycles. The zero-order valence-corrected chi connectivity index (χ0v) is 23.4. The third kappa shape index (κ3) is 22.0. The van der Waals surface area contributed by atoms with Gasteiger partial charge in [-0.2, -0.15) is 0 Å². The van der Waals surface area contributed by atoms with Gasteiger partial charge in [-0.3, -0.25) is 0 Å². The minimum absolute atomic E-state index is 0.265. The van der Waals surface area contributed by atoms with Crippen LogP contribution in [-0.2, 0) is 0 Å². The monoisotopic (exact) mass is 453 g/mol. The highest BCUT2D eigenvalue weighted by atomic mass is 14.6. The standard InChI is InChI=1S/C32H55N/c1-26(2)15-11-18-29(5)21-12-19-27(3)16-9-10-17-28(4)20-13-22-30(6)23-14-24-31(7)25-32(8)33/h15-17,21-22,24,32H,9-14,18-20,23,25,33H2,1-8H3/b27-16+,28-17+,29-21+,30-22+,31-24+. The molecule has 0 saturated carbocycles. The Morgan fingerprint density at radius 2 is 0.788 bits per heavy atom. The van der Waals surface area contributed by atoms with Gasteiger partial charge in [-0.1, -0.05) is 69.9 Å². The molecule has 0 radical (unpaired) electrons. The van der Waals surface area contributed by atoms with Crippen molar-refractivity contribution in [2.75, 3.05) is 0 Å². The van der Waals surface area contributed by atoms with Crippen molar-refractivity contribution in [3.63, 3.8) is 0 Å². The van der Waals surface area contributed by atoms with E-state index in [0.717, 1.165) is 38.5 Å². The molecule has 0 fully saturated rings. The Kier molecular flexibility index (Phi) is 18.9. The predicted octanol–water partition coefficient (Wildman–Crippen LogP) is 10.3. The summed E-state index contributed by atoms with van der Waals surface area (Å²) in [6.45, 7) is 17.7. The lowest BCUT2D eigenvalue weighted by molar-refractivity contribution is 0.727. The highest BCUT2D eigenvalue weighted by Gasteiger charge is 1.97. The summed E-state index contributed by atoms with van der Waals surface area (Å²) in [5.74, 6) is 0. The van der Waals surface area contributed by atoms with Gasteiger partial charge in [0, 0.05) is 6.04 Å². The highest BCUT2D eigenvalue weighted by molar-refractivity contribution is 5.08. The second-order valence-electron chi connectivity index (χ2n) is 10.4. The molecule has 33 heavy (non-hydrogen) atoms. The smallest absolute Gasteiger partial charge is 0.00475 e. The first kappa shape index (κ1) is 31.4.